The average molecular weight is 466 g/mol. The highest BCUT2D eigenvalue weighted by atomic mass is 19.1. The summed E-state index contributed by atoms with van der Waals surface area (Å²) in [5.41, 5.74) is 16.7. The molecule has 1 amide bonds. The third kappa shape index (κ3) is 3.90. The number of nitrogens with zero attached hydrogens (tertiary/aromatic N) is 4. The number of benzene rings is 1. The number of piperidine rings is 1. The fourth-order valence-corrected chi connectivity index (χ4v) is 6.11. The van der Waals surface area contributed by atoms with E-state index in [1.807, 2.05) is 13.8 Å². The lowest BCUT2D eigenvalue weighted by molar-refractivity contribution is -0.131. The van der Waals surface area contributed by atoms with Crippen molar-refractivity contribution in [2.45, 2.75) is 64.0 Å². The third-order valence-corrected chi connectivity index (χ3v) is 8.23. The number of halogens is 1. The van der Waals surface area contributed by atoms with Crippen LogP contribution in [0.2, 0.25) is 0 Å². The molecule has 34 heavy (non-hydrogen) atoms. The molecule has 3 aliphatic rings. The topological polar surface area (TPSA) is 131 Å². The molecule has 4 rings (SSSR count). The molecular weight excluding hydrogens is 433 g/mol. The maximum absolute atomic E-state index is 14.1. The van der Waals surface area contributed by atoms with Crippen LogP contribution in [-0.4, -0.2) is 41.8 Å². The van der Waals surface area contributed by atoms with Crippen molar-refractivity contribution in [3.63, 3.8) is 0 Å². The van der Waals surface area contributed by atoms with Crippen LogP contribution in [0.15, 0.2) is 39.7 Å². The van der Waals surface area contributed by atoms with Gasteiger partial charge in [0, 0.05) is 6.04 Å². The van der Waals surface area contributed by atoms with Crippen LogP contribution in [0.25, 0.3) is 0 Å². The fourth-order valence-electron chi connectivity index (χ4n) is 6.11. The molecule has 1 aromatic rings. The molecule has 1 heterocycles. The summed E-state index contributed by atoms with van der Waals surface area (Å²) in [7, 11) is 0. The van der Waals surface area contributed by atoms with E-state index in [9.17, 15) is 14.4 Å². The summed E-state index contributed by atoms with van der Waals surface area (Å²) in [5.74, 6) is 0.716. The van der Waals surface area contributed by atoms with Crippen LogP contribution in [0.3, 0.4) is 0 Å². The molecular formula is C25H32FN7O. The first-order chi connectivity index (χ1) is 16.3. The Labute approximate surface area is 199 Å². The van der Waals surface area contributed by atoms with Crippen molar-refractivity contribution in [1.82, 2.24) is 10.2 Å². The zero-order valence-electron chi connectivity index (χ0n) is 19.9. The molecule has 180 valence electrons. The molecule has 5 atom stereocenters. The van der Waals surface area contributed by atoms with Crippen LogP contribution in [-0.2, 0) is 16.6 Å². The van der Waals surface area contributed by atoms with Gasteiger partial charge in [-0.1, -0.05) is 29.4 Å². The average Bonchev–Trinajstić information content (AvgIpc) is 3.28. The Bertz CT molecular complexity index is 1110. The van der Waals surface area contributed by atoms with Crippen molar-refractivity contribution in [3.8, 4) is 6.07 Å². The number of nitriles is 1. The van der Waals surface area contributed by atoms with Crippen LogP contribution >= 0.6 is 0 Å². The van der Waals surface area contributed by atoms with Crippen molar-refractivity contribution in [2.75, 3.05) is 13.1 Å². The molecule has 0 aromatic heterocycles. The second kappa shape index (κ2) is 9.26. The Hall–Kier alpha value is -3.12. The van der Waals surface area contributed by atoms with Crippen molar-refractivity contribution >= 4 is 11.7 Å². The molecule has 9 heteroatoms. The number of carbonyl (C=O) groups excluding carboxylic acids is 1. The lowest BCUT2D eigenvalue weighted by Gasteiger charge is -2.36. The van der Waals surface area contributed by atoms with Gasteiger partial charge in [-0.2, -0.15) is 10.8 Å². The first kappa shape index (κ1) is 24.0. The molecule has 1 saturated heterocycles. The van der Waals surface area contributed by atoms with Crippen LogP contribution < -0.4 is 11.1 Å². The van der Waals surface area contributed by atoms with E-state index >= 15 is 0 Å². The smallest absolute Gasteiger partial charge is 0.237 e. The molecule has 1 aromatic carbocycles. The molecule has 8 nitrogen and oxygen atoms in total. The number of likely N-dealkylation sites (tertiary alicyclic amines) is 1. The van der Waals surface area contributed by atoms with E-state index in [-0.39, 0.29) is 36.2 Å². The quantitative estimate of drug-likeness (QED) is 0.142. The minimum Gasteiger partial charge on any atom is -0.385 e. The van der Waals surface area contributed by atoms with Gasteiger partial charge >= 0.3 is 0 Å². The van der Waals surface area contributed by atoms with Gasteiger partial charge in [0.15, 0.2) is 0 Å². The molecule has 0 radical (unpaired) electrons. The Morgan fingerprint density at radius 1 is 1.41 bits per heavy atom. The summed E-state index contributed by atoms with van der Waals surface area (Å²) < 4.78 is 14.1. The van der Waals surface area contributed by atoms with Crippen LogP contribution in [0, 0.1) is 34.5 Å². The van der Waals surface area contributed by atoms with Gasteiger partial charge in [0.05, 0.1) is 18.0 Å². The number of aryl methyl sites for hydroxylation is 1. The van der Waals surface area contributed by atoms with Gasteiger partial charge in [-0.25, -0.2) is 4.39 Å². The maximum Gasteiger partial charge on any atom is 0.237 e. The zero-order chi connectivity index (χ0) is 24.6. The molecule has 2 fully saturated rings. The first-order valence-electron chi connectivity index (χ1n) is 11.8. The molecule has 4 unspecified atom stereocenters. The highest BCUT2D eigenvalue weighted by Crippen LogP contribution is 2.52. The second-order valence-corrected chi connectivity index (χ2v) is 9.82. The normalized spacial score (nSPS) is 30.3. The number of rotatable bonds is 7. The van der Waals surface area contributed by atoms with Gasteiger partial charge in [-0.15, -0.1) is 5.10 Å². The summed E-state index contributed by atoms with van der Waals surface area (Å²) in [6.45, 7) is 6.74. The Morgan fingerprint density at radius 2 is 2.18 bits per heavy atom. The standard InChI is InChI=1S/C25H32FN7O/c1-14-4-5-17-10-18(26)6-7-21(17)25(16(14)3,24(28)31-32-29)8-9-30-13-22(34)33-19(12-27)11-20-15(2)23(20)33/h6-7,10,15,19-20,23,30H,4-5,8-9,11,13H2,1-3H3,(H3,28,29,31)/t15-,19?,20?,23?,25?/m0/s1. The van der Waals surface area contributed by atoms with Crippen molar-refractivity contribution < 1.29 is 9.18 Å². The predicted molar refractivity (Wildman–Crippen MR) is 126 cm³/mol. The number of amidine groups is 1. The van der Waals surface area contributed by atoms with Gasteiger partial charge in [-0.3, -0.25) is 4.79 Å². The summed E-state index contributed by atoms with van der Waals surface area (Å²) in [5, 5.41) is 19.8. The second-order valence-electron chi connectivity index (χ2n) is 9.82. The number of allylic oxidation sites excluding steroid dienone is 1. The predicted octanol–water partition coefficient (Wildman–Crippen LogP) is 3.39. The van der Waals surface area contributed by atoms with E-state index in [1.165, 1.54) is 6.07 Å². The fraction of sp³-hybridized carbons (Fsp3) is 0.560. The summed E-state index contributed by atoms with van der Waals surface area (Å²) in [6, 6.07) is 6.82. The number of nitrogens with two attached hydrogens (primary N) is 1. The lowest BCUT2D eigenvalue weighted by Crippen LogP contribution is -2.47. The number of nitrogens with one attached hydrogen (secondary N) is 2. The zero-order valence-corrected chi connectivity index (χ0v) is 19.9. The van der Waals surface area contributed by atoms with Crippen molar-refractivity contribution in [3.05, 3.63) is 46.3 Å². The van der Waals surface area contributed by atoms with E-state index in [1.54, 1.807) is 17.0 Å². The summed E-state index contributed by atoms with van der Waals surface area (Å²) in [4.78, 5) is 14.7. The minimum atomic E-state index is -0.858. The SMILES string of the molecule is CC1=C(C)C(CCNCC(=O)N2C(C#N)CC3C2[C@H]3C)(C(N)=NN=N)c2ccc(F)cc2CC1. The lowest BCUT2D eigenvalue weighted by atomic mass is 9.69. The van der Waals surface area contributed by atoms with E-state index < -0.39 is 5.41 Å². The van der Waals surface area contributed by atoms with Crippen molar-refractivity contribution in [2.24, 2.45) is 27.9 Å². The monoisotopic (exact) mass is 465 g/mol. The Kier molecular flexibility index (Phi) is 6.54. The van der Waals surface area contributed by atoms with Crippen molar-refractivity contribution in [1.29, 1.82) is 10.8 Å². The number of amides is 1. The molecule has 1 saturated carbocycles. The van der Waals surface area contributed by atoms with E-state index in [0.717, 1.165) is 35.1 Å². The molecule has 1 aliphatic heterocycles. The largest absolute Gasteiger partial charge is 0.385 e. The van der Waals surface area contributed by atoms with Gasteiger partial charge in [0.2, 0.25) is 5.91 Å². The summed E-state index contributed by atoms with van der Waals surface area (Å²) in [6.07, 6.45) is 2.68. The van der Waals surface area contributed by atoms with Crippen LogP contribution in [0.1, 0.15) is 51.2 Å². The van der Waals surface area contributed by atoms with Gasteiger partial charge in [-0.05, 0) is 81.2 Å². The number of hydrogen-bond acceptors (Lipinski definition) is 5. The highest BCUT2D eigenvalue weighted by Gasteiger charge is 2.60. The van der Waals surface area contributed by atoms with E-state index in [0.29, 0.717) is 31.2 Å². The van der Waals surface area contributed by atoms with Gasteiger partial charge in [0.25, 0.3) is 0 Å². The first-order valence-corrected chi connectivity index (χ1v) is 11.8. The van der Waals surface area contributed by atoms with Crippen LogP contribution in [0.4, 0.5) is 4.39 Å². The Morgan fingerprint density at radius 3 is 2.88 bits per heavy atom. The van der Waals surface area contributed by atoms with E-state index in [4.69, 9.17) is 11.3 Å². The minimum absolute atomic E-state index is 0.0629. The summed E-state index contributed by atoms with van der Waals surface area (Å²) >= 11 is 0. The van der Waals surface area contributed by atoms with Crippen LogP contribution in [0.5, 0.6) is 0 Å². The number of carbonyl (C=O) groups is 1. The molecule has 4 N–H and O–H groups in total. The maximum atomic E-state index is 14.1. The van der Waals surface area contributed by atoms with Gasteiger partial charge < -0.3 is 16.0 Å². The highest BCUT2D eigenvalue weighted by molar-refractivity contribution is 5.95. The molecule has 2 aliphatic carbocycles. The molecule has 0 bridgehead atoms. The van der Waals surface area contributed by atoms with E-state index in [2.05, 4.69) is 28.6 Å². The number of fused-ring (bicyclic) bond motifs is 2. The Balaban J connectivity index is 1.56. The third-order valence-electron chi connectivity index (χ3n) is 8.23. The molecule has 0 spiro atoms. The number of hydrogen-bond donors (Lipinski definition) is 3. The van der Waals surface area contributed by atoms with Gasteiger partial charge in [0.1, 0.15) is 17.7 Å².